The first-order chi connectivity index (χ1) is 4.63. The van der Waals surface area contributed by atoms with E-state index in [1.54, 1.807) is 0 Å². The average molecular weight is 179 g/mol. The molecule has 0 aromatic carbocycles. The summed E-state index contributed by atoms with van der Waals surface area (Å²) in [5.74, 6) is -0.785. The quantitative estimate of drug-likeness (QED) is 0.337. The predicted octanol–water partition coefficient (Wildman–Crippen LogP) is 0.655. The topological polar surface area (TPSA) is 49.3 Å². The lowest BCUT2D eigenvalue weighted by Crippen LogP contribution is -2.18. The maximum absolute atomic E-state index is 9.96. The van der Waals surface area contributed by atoms with Gasteiger partial charge in [0.1, 0.15) is 4.32 Å². The summed E-state index contributed by atoms with van der Waals surface area (Å²) in [7, 11) is 0. The second-order valence-electron chi connectivity index (χ2n) is 1.73. The van der Waals surface area contributed by atoms with Gasteiger partial charge in [0.05, 0.1) is 0 Å². The van der Waals surface area contributed by atoms with Crippen LogP contribution < -0.4 is 5.32 Å². The highest BCUT2D eigenvalue weighted by molar-refractivity contribution is 8.11. The van der Waals surface area contributed by atoms with E-state index in [1.807, 2.05) is 0 Å². The van der Waals surface area contributed by atoms with Crippen molar-refractivity contribution in [3.8, 4) is 0 Å². The van der Waals surface area contributed by atoms with Crippen molar-refractivity contribution in [3.63, 3.8) is 0 Å². The lowest BCUT2D eigenvalue weighted by atomic mass is 10.3. The highest BCUT2D eigenvalue weighted by atomic mass is 32.1. The minimum Gasteiger partial charge on any atom is -0.481 e. The molecule has 0 unspecified atom stereocenters. The normalized spacial score (nSPS) is 8.90. The smallest absolute Gasteiger partial charge is 0.303 e. The number of carbonyl (C=O) groups is 1. The lowest BCUT2D eigenvalue weighted by molar-refractivity contribution is -0.137. The van der Waals surface area contributed by atoms with Gasteiger partial charge in [-0.3, -0.25) is 4.79 Å². The molecule has 10 heavy (non-hydrogen) atoms. The van der Waals surface area contributed by atoms with Crippen LogP contribution in [0, 0.1) is 0 Å². The van der Waals surface area contributed by atoms with Gasteiger partial charge >= 0.3 is 5.97 Å². The maximum Gasteiger partial charge on any atom is 0.303 e. The molecule has 5 heteroatoms. The van der Waals surface area contributed by atoms with E-state index in [9.17, 15) is 4.79 Å². The van der Waals surface area contributed by atoms with E-state index >= 15 is 0 Å². The molecule has 58 valence electrons. The van der Waals surface area contributed by atoms with Gasteiger partial charge in [-0.1, -0.05) is 12.2 Å². The molecule has 0 rings (SSSR count). The van der Waals surface area contributed by atoms with Crippen LogP contribution in [-0.2, 0) is 4.79 Å². The number of nitrogens with one attached hydrogen (secondary N) is 1. The molecule has 0 spiro atoms. The fourth-order valence-corrected chi connectivity index (χ4v) is 0.649. The zero-order valence-electron chi connectivity index (χ0n) is 5.33. The van der Waals surface area contributed by atoms with Crippen LogP contribution in [0.15, 0.2) is 0 Å². The number of carboxylic acid groups (broad SMARTS) is 1. The van der Waals surface area contributed by atoms with Crippen molar-refractivity contribution in [3.05, 3.63) is 0 Å². The summed E-state index contributed by atoms with van der Waals surface area (Å²) in [6.45, 7) is 0.578. The van der Waals surface area contributed by atoms with Gasteiger partial charge in [-0.25, -0.2) is 0 Å². The largest absolute Gasteiger partial charge is 0.481 e. The first kappa shape index (κ1) is 9.71. The molecule has 0 aromatic rings. The number of carboxylic acids is 1. The third kappa shape index (κ3) is 7.71. The Kier molecular flexibility index (Phi) is 5.33. The van der Waals surface area contributed by atoms with Gasteiger partial charge in [0, 0.05) is 13.0 Å². The summed E-state index contributed by atoms with van der Waals surface area (Å²) in [4.78, 5) is 9.96. The zero-order chi connectivity index (χ0) is 7.98. The van der Waals surface area contributed by atoms with E-state index < -0.39 is 5.97 Å². The van der Waals surface area contributed by atoms with Crippen LogP contribution in [0.4, 0.5) is 0 Å². The first-order valence-electron chi connectivity index (χ1n) is 2.81. The SMILES string of the molecule is O=C(O)CCCNC(=S)S. The molecule has 0 radical (unpaired) electrons. The van der Waals surface area contributed by atoms with Crippen molar-refractivity contribution in [1.29, 1.82) is 0 Å². The van der Waals surface area contributed by atoms with Gasteiger partial charge in [-0.05, 0) is 6.42 Å². The van der Waals surface area contributed by atoms with Gasteiger partial charge in [-0.15, -0.1) is 12.6 Å². The molecule has 0 heterocycles. The predicted molar refractivity (Wildman–Crippen MR) is 46.5 cm³/mol. The Hall–Kier alpha value is -0.290. The minimum atomic E-state index is -0.785. The molecule has 0 saturated carbocycles. The monoisotopic (exact) mass is 179 g/mol. The summed E-state index contributed by atoms with van der Waals surface area (Å²) in [5, 5.41) is 10.9. The highest BCUT2D eigenvalue weighted by Gasteiger charge is 1.94. The number of hydrogen-bond acceptors (Lipinski definition) is 2. The molecular weight excluding hydrogens is 170 g/mol. The Morgan fingerprint density at radius 1 is 1.70 bits per heavy atom. The fourth-order valence-electron chi connectivity index (χ4n) is 0.435. The first-order valence-corrected chi connectivity index (χ1v) is 3.67. The van der Waals surface area contributed by atoms with E-state index in [-0.39, 0.29) is 6.42 Å². The van der Waals surface area contributed by atoms with Crippen LogP contribution >= 0.6 is 24.8 Å². The van der Waals surface area contributed by atoms with E-state index in [0.29, 0.717) is 17.3 Å². The molecule has 2 N–H and O–H groups in total. The number of thiol groups is 1. The molecule has 0 atom stereocenters. The molecule has 0 bridgehead atoms. The van der Waals surface area contributed by atoms with Gasteiger partial charge in [0.2, 0.25) is 0 Å². The molecule has 0 aliphatic carbocycles. The molecular formula is C5H9NO2S2. The Morgan fingerprint density at radius 2 is 2.30 bits per heavy atom. The summed E-state index contributed by atoms with van der Waals surface area (Å²) in [6, 6.07) is 0. The number of aliphatic carboxylic acids is 1. The minimum absolute atomic E-state index is 0.170. The van der Waals surface area contributed by atoms with Crippen molar-refractivity contribution in [2.45, 2.75) is 12.8 Å². The van der Waals surface area contributed by atoms with Gasteiger partial charge < -0.3 is 10.4 Å². The Morgan fingerprint density at radius 3 is 2.70 bits per heavy atom. The number of rotatable bonds is 4. The molecule has 0 aromatic heterocycles. The standard InChI is InChI=1S/C5H9NO2S2/c7-4(8)2-1-3-6-5(9)10/h1-3H2,(H,7,8)(H2,6,9,10). The van der Waals surface area contributed by atoms with Crippen LogP contribution in [0.1, 0.15) is 12.8 Å². The highest BCUT2D eigenvalue weighted by Crippen LogP contribution is 1.86. The van der Waals surface area contributed by atoms with E-state index in [0.717, 1.165) is 0 Å². The zero-order valence-corrected chi connectivity index (χ0v) is 7.04. The molecule has 0 amide bonds. The average Bonchev–Trinajstić information content (AvgIpc) is 1.79. The van der Waals surface area contributed by atoms with Crippen molar-refractivity contribution in [2.24, 2.45) is 0 Å². The lowest BCUT2D eigenvalue weighted by Gasteiger charge is -1.99. The summed E-state index contributed by atoms with van der Waals surface area (Å²) in [5.41, 5.74) is 0. The van der Waals surface area contributed by atoms with E-state index in [1.165, 1.54) is 0 Å². The Bertz CT molecular complexity index is 122. The summed E-state index contributed by atoms with van der Waals surface area (Å²) >= 11 is 8.38. The van der Waals surface area contributed by atoms with E-state index in [4.69, 9.17) is 5.11 Å². The van der Waals surface area contributed by atoms with Crippen molar-refractivity contribution >= 4 is 35.1 Å². The van der Waals surface area contributed by atoms with E-state index in [2.05, 4.69) is 30.2 Å². The van der Waals surface area contributed by atoms with Gasteiger partial charge in [-0.2, -0.15) is 0 Å². The Labute approximate surface area is 70.2 Å². The molecule has 3 nitrogen and oxygen atoms in total. The van der Waals surface area contributed by atoms with Crippen molar-refractivity contribution < 1.29 is 9.90 Å². The van der Waals surface area contributed by atoms with Crippen LogP contribution in [-0.4, -0.2) is 21.9 Å². The van der Waals surface area contributed by atoms with Crippen LogP contribution in [0.2, 0.25) is 0 Å². The molecule has 0 saturated heterocycles. The van der Waals surface area contributed by atoms with Crippen molar-refractivity contribution in [2.75, 3.05) is 6.54 Å². The fraction of sp³-hybridized carbons (Fsp3) is 0.600. The Balaban J connectivity index is 3.06. The van der Waals surface area contributed by atoms with Crippen LogP contribution in [0.25, 0.3) is 0 Å². The number of hydrogen-bond donors (Lipinski definition) is 3. The van der Waals surface area contributed by atoms with Crippen LogP contribution in [0.5, 0.6) is 0 Å². The van der Waals surface area contributed by atoms with Crippen molar-refractivity contribution in [1.82, 2.24) is 5.32 Å². The second-order valence-corrected chi connectivity index (χ2v) is 2.89. The molecule has 0 aliphatic rings. The summed E-state index contributed by atoms with van der Waals surface area (Å²) in [6.07, 6.45) is 0.749. The number of thiocarbonyl (C=S) groups is 1. The molecule has 0 aliphatic heterocycles. The maximum atomic E-state index is 9.96. The summed E-state index contributed by atoms with van der Waals surface area (Å²) < 4.78 is 0.408. The third-order valence-electron chi connectivity index (χ3n) is 0.844. The third-order valence-corrected chi connectivity index (χ3v) is 1.15. The van der Waals surface area contributed by atoms with Crippen LogP contribution in [0.3, 0.4) is 0 Å². The van der Waals surface area contributed by atoms with Gasteiger partial charge in [0.25, 0.3) is 0 Å². The van der Waals surface area contributed by atoms with Gasteiger partial charge in [0.15, 0.2) is 0 Å². The molecule has 0 fully saturated rings. The second kappa shape index (κ2) is 5.49.